The number of halogens is 2. The van der Waals surface area contributed by atoms with Crippen molar-refractivity contribution in [2.24, 2.45) is 0 Å². The Morgan fingerprint density at radius 3 is 2.83 bits per heavy atom. The molecule has 1 N–H and O–H groups in total. The lowest BCUT2D eigenvalue weighted by atomic mass is 10.1. The van der Waals surface area contributed by atoms with Gasteiger partial charge in [-0.25, -0.2) is 0 Å². The van der Waals surface area contributed by atoms with Gasteiger partial charge >= 0.3 is 0 Å². The first-order chi connectivity index (χ1) is 5.70. The molecule has 1 aromatic carbocycles. The lowest BCUT2D eigenvalue weighted by Crippen LogP contribution is -1.85. The summed E-state index contributed by atoms with van der Waals surface area (Å²) in [6.07, 6.45) is 0. The molecular weight excluding hydrogens is 243 g/mol. The van der Waals surface area contributed by atoms with Crippen molar-refractivity contribution in [3.63, 3.8) is 0 Å². The van der Waals surface area contributed by atoms with Crippen LogP contribution in [0.5, 0.6) is 5.75 Å². The van der Waals surface area contributed by atoms with Crippen LogP contribution in [0.25, 0.3) is 0 Å². The SMILES string of the molecule is Oc1cc(Br)c(Cl)c2c1COC2. The number of ether oxygens (including phenoxy) is 1. The molecule has 0 saturated heterocycles. The maximum Gasteiger partial charge on any atom is 0.122 e. The monoisotopic (exact) mass is 248 g/mol. The van der Waals surface area contributed by atoms with Gasteiger partial charge in [0.25, 0.3) is 0 Å². The third kappa shape index (κ3) is 1.13. The average molecular weight is 249 g/mol. The Bertz CT molecular complexity index is 338. The van der Waals surface area contributed by atoms with Crippen molar-refractivity contribution in [3.8, 4) is 5.75 Å². The van der Waals surface area contributed by atoms with Gasteiger partial charge in [-0.2, -0.15) is 0 Å². The number of phenolic OH excluding ortho intramolecular Hbond substituents is 1. The predicted molar refractivity (Wildman–Crippen MR) is 49.3 cm³/mol. The molecule has 0 unspecified atom stereocenters. The summed E-state index contributed by atoms with van der Waals surface area (Å²) in [4.78, 5) is 0. The first-order valence-corrected chi connectivity index (χ1v) is 4.63. The third-order valence-corrected chi connectivity index (χ3v) is 3.19. The van der Waals surface area contributed by atoms with Crippen molar-refractivity contribution in [1.82, 2.24) is 0 Å². The van der Waals surface area contributed by atoms with Gasteiger partial charge in [0.15, 0.2) is 0 Å². The Kier molecular flexibility index (Phi) is 2.02. The second-order valence-corrected chi connectivity index (χ2v) is 3.87. The minimum atomic E-state index is 0.249. The number of phenols is 1. The van der Waals surface area contributed by atoms with Crippen molar-refractivity contribution in [3.05, 3.63) is 26.7 Å². The van der Waals surface area contributed by atoms with Crippen molar-refractivity contribution < 1.29 is 9.84 Å². The number of fused-ring (bicyclic) bond motifs is 1. The van der Waals surface area contributed by atoms with E-state index in [1.54, 1.807) is 6.07 Å². The minimum Gasteiger partial charge on any atom is -0.508 e. The zero-order valence-electron chi connectivity index (χ0n) is 6.10. The second-order valence-electron chi connectivity index (χ2n) is 2.64. The van der Waals surface area contributed by atoms with Crippen LogP contribution in [-0.2, 0) is 18.0 Å². The topological polar surface area (TPSA) is 29.5 Å². The van der Waals surface area contributed by atoms with E-state index in [4.69, 9.17) is 16.3 Å². The lowest BCUT2D eigenvalue weighted by Gasteiger charge is -2.04. The second kappa shape index (κ2) is 2.91. The minimum absolute atomic E-state index is 0.249. The van der Waals surface area contributed by atoms with Crippen LogP contribution in [-0.4, -0.2) is 5.11 Å². The fraction of sp³-hybridized carbons (Fsp3) is 0.250. The van der Waals surface area contributed by atoms with Gasteiger partial charge in [-0.3, -0.25) is 0 Å². The maximum absolute atomic E-state index is 9.47. The molecule has 64 valence electrons. The summed E-state index contributed by atoms with van der Waals surface area (Å²) in [5.74, 6) is 0.249. The molecule has 0 amide bonds. The Morgan fingerprint density at radius 2 is 2.08 bits per heavy atom. The van der Waals surface area contributed by atoms with E-state index in [1.807, 2.05) is 0 Å². The van der Waals surface area contributed by atoms with E-state index in [0.29, 0.717) is 22.7 Å². The molecule has 0 aromatic heterocycles. The van der Waals surface area contributed by atoms with E-state index in [0.717, 1.165) is 11.1 Å². The molecule has 0 spiro atoms. The molecule has 0 bridgehead atoms. The number of hydrogen-bond donors (Lipinski definition) is 1. The Morgan fingerprint density at radius 1 is 1.42 bits per heavy atom. The quantitative estimate of drug-likeness (QED) is 0.766. The van der Waals surface area contributed by atoms with Crippen LogP contribution in [0.3, 0.4) is 0 Å². The Hall–Kier alpha value is -0.250. The number of hydrogen-bond acceptors (Lipinski definition) is 2. The molecule has 1 heterocycles. The van der Waals surface area contributed by atoms with E-state index in [-0.39, 0.29) is 5.75 Å². The fourth-order valence-corrected chi connectivity index (χ4v) is 1.95. The smallest absolute Gasteiger partial charge is 0.122 e. The summed E-state index contributed by atoms with van der Waals surface area (Å²) >= 11 is 9.22. The predicted octanol–water partition coefficient (Wildman–Crippen LogP) is 2.84. The van der Waals surface area contributed by atoms with Crippen LogP contribution in [0.4, 0.5) is 0 Å². The van der Waals surface area contributed by atoms with Gasteiger partial charge in [-0.1, -0.05) is 11.6 Å². The highest BCUT2D eigenvalue weighted by molar-refractivity contribution is 9.10. The van der Waals surface area contributed by atoms with Gasteiger partial charge in [0.1, 0.15) is 5.75 Å². The Labute approximate surface area is 83.2 Å². The molecule has 0 atom stereocenters. The van der Waals surface area contributed by atoms with Crippen LogP contribution < -0.4 is 0 Å². The summed E-state index contributed by atoms with van der Waals surface area (Å²) in [5, 5.41) is 10.1. The molecule has 1 aliphatic heterocycles. The van der Waals surface area contributed by atoms with Crippen molar-refractivity contribution in [2.75, 3.05) is 0 Å². The summed E-state index contributed by atoms with van der Waals surface area (Å²) in [7, 11) is 0. The highest BCUT2D eigenvalue weighted by atomic mass is 79.9. The van der Waals surface area contributed by atoms with Crippen LogP contribution in [0.2, 0.25) is 5.02 Å². The van der Waals surface area contributed by atoms with Crippen LogP contribution in [0.1, 0.15) is 11.1 Å². The van der Waals surface area contributed by atoms with Gasteiger partial charge in [-0.15, -0.1) is 0 Å². The normalized spacial score (nSPS) is 14.8. The molecule has 0 radical (unpaired) electrons. The van der Waals surface area contributed by atoms with E-state index in [2.05, 4.69) is 15.9 Å². The number of aromatic hydroxyl groups is 1. The summed E-state index contributed by atoms with van der Waals surface area (Å²) in [6, 6.07) is 1.59. The van der Waals surface area contributed by atoms with E-state index in [9.17, 15) is 5.11 Å². The van der Waals surface area contributed by atoms with Gasteiger partial charge in [0.2, 0.25) is 0 Å². The molecule has 2 rings (SSSR count). The van der Waals surface area contributed by atoms with Gasteiger partial charge < -0.3 is 9.84 Å². The number of rotatable bonds is 0. The van der Waals surface area contributed by atoms with Crippen molar-refractivity contribution >= 4 is 27.5 Å². The maximum atomic E-state index is 9.47. The zero-order chi connectivity index (χ0) is 8.72. The van der Waals surface area contributed by atoms with Gasteiger partial charge in [-0.05, 0) is 22.0 Å². The molecule has 2 nitrogen and oxygen atoms in total. The molecule has 0 fully saturated rings. The highest BCUT2D eigenvalue weighted by Gasteiger charge is 2.20. The molecule has 1 aromatic rings. The number of benzene rings is 1. The molecular formula is C8H6BrClO2. The molecule has 0 saturated carbocycles. The van der Waals surface area contributed by atoms with E-state index >= 15 is 0 Å². The van der Waals surface area contributed by atoms with Crippen molar-refractivity contribution in [2.45, 2.75) is 13.2 Å². The first-order valence-electron chi connectivity index (χ1n) is 3.46. The highest BCUT2D eigenvalue weighted by Crippen LogP contribution is 2.38. The lowest BCUT2D eigenvalue weighted by molar-refractivity contribution is 0.133. The summed E-state index contributed by atoms with van der Waals surface area (Å²) in [6.45, 7) is 0.940. The third-order valence-electron chi connectivity index (χ3n) is 1.90. The van der Waals surface area contributed by atoms with Crippen LogP contribution >= 0.6 is 27.5 Å². The van der Waals surface area contributed by atoms with Gasteiger partial charge in [0.05, 0.1) is 18.2 Å². The van der Waals surface area contributed by atoms with Gasteiger partial charge in [0, 0.05) is 15.6 Å². The average Bonchev–Trinajstić information content (AvgIpc) is 2.48. The van der Waals surface area contributed by atoms with Crippen molar-refractivity contribution in [1.29, 1.82) is 0 Å². The molecule has 12 heavy (non-hydrogen) atoms. The fourth-order valence-electron chi connectivity index (χ4n) is 1.27. The van der Waals surface area contributed by atoms with E-state index in [1.165, 1.54) is 0 Å². The molecule has 4 heteroatoms. The van der Waals surface area contributed by atoms with E-state index < -0.39 is 0 Å². The van der Waals surface area contributed by atoms with Crippen LogP contribution in [0.15, 0.2) is 10.5 Å². The summed E-state index contributed by atoms with van der Waals surface area (Å²) in [5.41, 5.74) is 1.70. The zero-order valence-corrected chi connectivity index (χ0v) is 8.44. The largest absolute Gasteiger partial charge is 0.508 e. The molecule has 1 aliphatic rings. The standard InChI is InChI=1S/C8H6BrClO2/c9-6-1-7(11)4-2-12-3-5(4)8(6)10/h1,11H,2-3H2. The molecule has 0 aliphatic carbocycles. The first kappa shape index (κ1) is 8.35. The Balaban J connectivity index is 2.69. The summed E-state index contributed by atoms with van der Waals surface area (Å²) < 4.78 is 5.88. The van der Waals surface area contributed by atoms with Crippen LogP contribution in [0, 0.1) is 0 Å².